The normalized spacial score (nSPS) is 29.9. The highest BCUT2D eigenvalue weighted by Gasteiger charge is 2.47. The van der Waals surface area contributed by atoms with Crippen LogP contribution in [0.4, 0.5) is 0 Å². The van der Waals surface area contributed by atoms with Gasteiger partial charge in [0.2, 0.25) is 0 Å². The Morgan fingerprint density at radius 3 is 2.35 bits per heavy atom. The van der Waals surface area contributed by atoms with Crippen molar-refractivity contribution < 1.29 is 5.11 Å². The lowest BCUT2D eigenvalue weighted by molar-refractivity contribution is -0.0901. The number of hydrogen-bond donors (Lipinski definition) is 2. The smallest absolute Gasteiger partial charge is 0.0727 e. The minimum Gasteiger partial charge on any atom is -0.389 e. The fourth-order valence-corrected chi connectivity index (χ4v) is 3.59. The molecule has 0 saturated heterocycles. The van der Waals surface area contributed by atoms with E-state index in [1.807, 2.05) is 31.2 Å². The van der Waals surface area contributed by atoms with Gasteiger partial charge in [-0.25, -0.2) is 0 Å². The molecule has 1 aromatic rings. The van der Waals surface area contributed by atoms with Crippen molar-refractivity contribution in [3.63, 3.8) is 0 Å². The molecule has 2 nitrogen and oxygen atoms in total. The first-order chi connectivity index (χ1) is 9.38. The van der Waals surface area contributed by atoms with Gasteiger partial charge in [-0.2, -0.15) is 0 Å². The molecular formula is C17H26ClNO. The van der Waals surface area contributed by atoms with E-state index in [1.54, 1.807) is 0 Å². The minimum absolute atomic E-state index is 0.154. The molecule has 112 valence electrons. The molecule has 3 N–H and O–H groups in total. The Labute approximate surface area is 127 Å². The third kappa shape index (κ3) is 3.19. The van der Waals surface area contributed by atoms with Gasteiger partial charge in [0, 0.05) is 23.4 Å². The second kappa shape index (κ2) is 6.05. The van der Waals surface area contributed by atoms with Gasteiger partial charge >= 0.3 is 0 Å². The Morgan fingerprint density at radius 2 is 1.85 bits per heavy atom. The van der Waals surface area contributed by atoms with Crippen molar-refractivity contribution >= 4 is 11.6 Å². The first-order valence-corrected chi connectivity index (χ1v) is 7.93. The molecule has 0 amide bonds. The summed E-state index contributed by atoms with van der Waals surface area (Å²) in [5.74, 6) is 0.751. The lowest BCUT2D eigenvalue weighted by atomic mass is 9.60. The summed E-state index contributed by atoms with van der Waals surface area (Å²) in [7, 11) is 0. The van der Waals surface area contributed by atoms with Crippen LogP contribution in [0.5, 0.6) is 0 Å². The zero-order valence-electron chi connectivity index (χ0n) is 12.5. The van der Waals surface area contributed by atoms with Crippen molar-refractivity contribution in [2.24, 2.45) is 17.1 Å². The summed E-state index contributed by atoms with van der Waals surface area (Å²) in [5.41, 5.74) is 6.26. The van der Waals surface area contributed by atoms with Crippen LogP contribution in [0.15, 0.2) is 24.3 Å². The fourth-order valence-electron chi connectivity index (χ4n) is 3.46. The van der Waals surface area contributed by atoms with Gasteiger partial charge in [-0.15, -0.1) is 0 Å². The topological polar surface area (TPSA) is 46.2 Å². The Balaban J connectivity index is 2.16. The highest BCUT2D eigenvalue weighted by Crippen LogP contribution is 2.47. The van der Waals surface area contributed by atoms with Gasteiger partial charge in [-0.1, -0.05) is 43.5 Å². The first kappa shape index (κ1) is 15.8. The fraction of sp³-hybridized carbons (Fsp3) is 0.647. The van der Waals surface area contributed by atoms with Gasteiger partial charge in [0.1, 0.15) is 0 Å². The monoisotopic (exact) mass is 295 g/mol. The summed E-state index contributed by atoms with van der Waals surface area (Å²) in [4.78, 5) is 0. The number of aliphatic hydroxyl groups is 1. The van der Waals surface area contributed by atoms with Gasteiger partial charge in [0.05, 0.1) is 5.60 Å². The van der Waals surface area contributed by atoms with Gasteiger partial charge in [-0.3, -0.25) is 0 Å². The number of halogens is 1. The van der Waals surface area contributed by atoms with Crippen molar-refractivity contribution in [1.82, 2.24) is 0 Å². The van der Waals surface area contributed by atoms with Crippen LogP contribution in [-0.2, 0) is 6.42 Å². The van der Waals surface area contributed by atoms with E-state index in [0.717, 1.165) is 42.2 Å². The number of nitrogens with two attached hydrogens (primary N) is 1. The van der Waals surface area contributed by atoms with E-state index in [4.69, 9.17) is 17.3 Å². The third-order valence-electron chi connectivity index (χ3n) is 5.23. The average Bonchev–Trinajstić information content (AvgIpc) is 2.42. The lowest BCUT2D eigenvalue weighted by Crippen LogP contribution is -2.53. The summed E-state index contributed by atoms with van der Waals surface area (Å²) in [6, 6.07) is 7.75. The predicted molar refractivity (Wildman–Crippen MR) is 84.9 cm³/mol. The zero-order valence-corrected chi connectivity index (χ0v) is 13.3. The molecule has 20 heavy (non-hydrogen) atoms. The van der Waals surface area contributed by atoms with Crippen molar-refractivity contribution in [2.45, 2.75) is 51.6 Å². The van der Waals surface area contributed by atoms with Gasteiger partial charge in [-0.05, 0) is 43.4 Å². The molecule has 0 spiro atoms. The maximum Gasteiger partial charge on any atom is 0.0727 e. The Kier molecular flexibility index (Phi) is 4.78. The van der Waals surface area contributed by atoms with Crippen molar-refractivity contribution in [3.8, 4) is 0 Å². The Bertz CT molecular complexity index is 433. The van der Waals surface area contributed by atoms with Gasteiger partial charge < -0.3 is 10.8 Å². The Morgan fingerprint density at radius 1 is 1.30 bits per heavy atom. The Hall–Kier alpha value is -0.570. The van der Waals surface area contributed by atoms with Crippen LogP contribution in [0, 0.1) is 11.3 Å². The van der Waals surface area contributed by atoms with E-state index in [-0.39, 0.29) is 5.41 Å². The molecule has 1 fully saturated rings. The summed E-state index contributed by atoms with van der Waals surface area (Å²) in [6.45, 7) is 4.79. The summed E-state index contributed by atoms with van der Waals surface area (Å²) in [5, 5.41) is 11.8. The molecule has 3 heteroatoms. The average molecular weight is 296 g/mol. The van der Waals surface area contributed by atoms with Crippen LogP contribution in [0.25, 0.3) is 0 Å². The molecule has 0 heterocycles. The maximum absolute atomic E-state index is 11.1. The molecule has 0 aromatic heterocycles. The van der Waals surface area contributed by atoms with Crippen LogP contribution >= 0.6 is 11.6 Å². The van der Waals surface area contributed by atoms with E-state index in [2.05, 4.69) is 6.92 Å². The lowest BCUT2D eigenvalue weighted by Gasteiger charge is -2.49. The minimum atomic E-state index is -0.768. The van der Waals surface area contributed by atoms with E-state index in [1.165, 1.54) is 0 Å². The molecule has 0 radical (unpaired) electrons. The molecule has 1 atom stereocenters. The molecule has 0 aliphatic heterocycles. The number of hydrogen-bond acceptors (Lipinski definition) is 2. The van der Waals surface area contributed by atoms with E-state index >= 15 is 0 Å². The van der Waals surface area contributed by atoms with Gasteiger partial charge in [0.15, 0.2) is 0 Å². The van der Waals surface area contributed by atoms with Gasteiger partial charge in [0.25, 0.3) is 0 Å². The van der Waals surface area contributed by atoms with E-state index < -0.39 is 5.60 Å². The highest BCUT2D eigenvalue weighted by molar-refractivity contribution is 6.30. The molecule has 1 saturated carbocycles. The van der Waals surface area contributed by atoms with Crippen LogP contribution in [0.3, 0.4) is 0 Å². The van der Waals surface area contributed by atoms with Crippen LogP contribution < -0.4 is 5.73 Å². The van der Waals surface area contributed by atoms with Crippen molar-refractivity contribution in [3.05, 3.63) is 34.9 Å². The highest BCUT2D eigenvalue weighted by atomic mass is 35.5. The largest absolute Gasteiger partial charge is 0.389 e. The molecular weight excluding hydrogens is 270 g/mol. The summed E-state index contributed by atoms with van der Waals surface area (Å²) >= 11 is 5.92. The van der Waals surface area contributed by atoms with Crippen LogP contribution in [0.1, 0.15) is 45.1 Å². The first-order valence-electron chi connectivity index (χ1n) is 7.55. The van der Waals surface area contributed by atoms with Crippen LogP contribution in [-0.4, -0.2) is 17.3 Å². The quantitative estimate of drug-likeness (QED) is 0.888. The maximum atomic E-state index is 11.1. The summed E-state index contributed by atoms with van der Waals surface area (Å²) in [6.07, 6.45) is 4.99. The van der Waals surface area contributed by atoms with E-state index in [9.17, 15) is 5.11 Å². The predicted octanol–water partition coefficient (Wildman–Crippen LogP) is 3.79. The molecule has 0 bridgehead atoms. The zero-order chi connectivity index (χ0) is 14.8. The molecule has 1 unspecified atom stereocenters. The molecule has 1 aromatic carbocycles. The SMILES string of the molecule is CC1CCC(CN)(C(C)(O)Cc2ccc(Cl)cc2)CC1. The van der Waals surface area contributed by atoms with Crippen molar-refractivity contribution in [2.75, 3.05) is 6.54 Å². The molecule has 1 aliphatic rings. The van der Waals surface area contributed by atoms with Crippen molar-refractivity contribution in [1.29, 1.82) is 0 Å². The summed E-state index contributed by atoms with van der Waals surface area (Å²) < 4.78 is 0. The second-order valence-electron chi connectivity index (χ2n) is 6.74. The molecule has 1 aliphatic carbocycles. The van der Waals surface area contributed by atoms with Crippen LogP contribution in [0.2, 0.25) is 5.02 Å². The number of rotatable bonds is 4. The third-order valence-corrected chi connectivity index (χ3v) is 5.48. The standard InChI is InChI=1S/C17H26ClNO/c1-13-7-9-17(12-19,10-8-13)16(2,20)11-14-3-5-15(18)6-4-14/h3-6,13,20H,7-12,19H2,1-2H3. The molecule has 2 rings (SSSR count). The second-order valence-corrected chi connectivity index (χ2v) is 7.18. The number of benzene rings is 1. The van der Waals surface area contributed by atoms with E-state index in [0.29, 0.717) is 13.0 Å².